The molecule has 0 aliphatic heterocycles. The van der Waals surface area contributed by atoms with Gasteiger partial charge in [-0.1, -0.05) is 49.0 Å². The van der Waals surface area contributed by atoms with Gasteiger partial charge in [-0.05, 0) is 30.9 Å². The van der Waals surface area contributed by atoms with Crippen molar-refractivity contribution in [1.29, 1.82) is 0 Å². The fourth-order valence-electron chi connectivity index (χ4n) is 2.53. The average molecular weight is 258 g/mol. The standard InChI is InChI=1S/C13H17Cl2N/c1-2-9-5-3-7-11(9)16-12-8-4-6-10(14)13(12)15/h4,6,8-9,11,16H,2-3,5,7H2,1H3. The van der Waals surface area contributed by atoms with Crippen molar-refractivity contribution in [3.63, 3.8) is 0 Å². The number of benzene rings is 1. The van der Waals surface area contributed by atoms with Crippen LogP contribution in [0.3, 0.4) is 0 Å². The second kappa shape index (κ2) is 5.29. The molecule has 1 N–H and O–H groups in total. The van der Waals surface area contributed by atoms with E-state index in [2.05, 4.69) is 12.2 Å². The quantitative estimate of drug-likeness (QED) is 0.805. The lowest BCUT2D eigenvalue weighted by Crippen LogP contribution is -2.23. The summed E-state index contributed by atoms with van der Waals surface area (Å²) in [6, 6.07) is 6.31. The molecule has 0 amide bonds. The minimum atomic E-state index is 0.556. The van der Waals surface area contributed by atoms with Crippen molar-refractivity contribution >= 4 is 28.9 Å². The third-order valence-corrected chi connectivity index (χ3v) is 4.29. The molecule has 1 aliphatic carbocycles. The maximum absolute atomic E-state index is 6.17. The fourth-order valence-corrected chi connectivity index (χ4v) is 2.89. The van der Waals surface area contributed by atoms with Crippen LogP contribution in [0, 0.1) is 5.92 Å². The molecule has 2 atom stereocenters. The largest absolute Gasteiger partial charge is 0.381 e. The van der Waals surface area contributed by atoms with Gasteiger partial charge < -0.3 is 5.32 Å². The van der Waals surface area contributed by atoms with Gasteiger partial charge in [0.1, 0.15) is 0 Å². The van der Waals surface area contributed by atoms with E-state index in [0.29, 0.717) is 16.1 Å². The van der Waals surface area contributed by atoms with Gasteiger partial charge >= 0.3 is 0 Å². The predicted octanol–water partition coefficient (Wildman–Crippen LogP) is 4.98. The first-order valence-electron chi connectivity index (χ1n) is 5.93. The summed E-state index contributed by atoms with van der Waals surface area (Å²) in [6.45, 7) is 2.25. The van der Waals surface area contributed by atoms with E-state index in [-0.39, 0.29) is 0 Å². The van der Waals surface area contributed by atoms with E-state index in [1.807, 2.05) is 18.2 Å². The molecule has 0 heterocycles. The van der Waals surface area contributed by atoms with Crippen LogP contribution in [-0.4, -0.2) is 6.04 Å². The van der Waals surface area contributed by atoms with Gasteiger partial charge in [-0.3, -0.25) is 0 Å². The zero-order valence-electron chi connectivity index (χ0n) is 9.47. The van der Waals surface area contributed by atoms with Crippen molar-refractivity contribution in [3.8, 4) is 0 Å². The fraction of sp³-hybridized carbons (Fsp3) is 0.538. The predicted molar refractivity (Wildman–Crippen MR) is 71.5 cm³/mol. The highest BCUT2D eigenvalue weighted by atomic mass is 35.5. The summed E-state index contributed by atoms with van der Waals surface area (Å²) in [5, 5.41) is 4.80. The summed E-state index contributed by atoms with van der Waals surface area (Å²) >= 11 is 12.2. The Hall–Kier alpha value is -0.400. The molecular weight excluding hydrogens is 241 g/mol. The lowest BCUT2D eigenvalue weighted by atomic mass is 10.0. The summed E-state index contributed by atoms with van der Waals surface area (Å²) in [6.07, 6.45) is 5.11. The molecule has 1 saturated carbocycles. The normalized spacial score (nSPS) is 24.7. The van der Waals surface area contributed by atoms with E-state index < -0.39 is 0 Å². The van der Waals surface area contributed by atoms with Crippen LogP contribution in [0.25, 0.3) is 0 Å². The molecule has 1 nitrogen and oxygen atoms in total. The van der Waals surface area contributed by atoms with Crippen LogP contribution >= 0.6 is 23.2 Å². The number of anilines is 1. The molecule has 16 heavy (non-hydrogen) atoms. The SMILES string of the molecule is CCC1CCCC1Nc1cccc(Cl)c1Cl. The molecule has 3 heteroatoms. The molecule has 1 aromatic carbocycles. The van der Waals surface area contributed by atoms with Gasteiger partial charge in [0.2, 0.25) is 0 Å². The molecule has 0 radical (unpaired) electrons. The highest BCUT2D eigenvalue weighted by molar-refractivity contribution is 6.43. The number of halogens is 2. The van der Waals surface area contributed by atoms with Gasteiger partial charge in [0.25, 0.3) is 0 Å². The lowest BCUT2D eigenvalue weighted by molar-refractivity contribution is 0.489. The Kier molecular flexibility index (Phi) is 3.99. The van der Waals surface area contributed by atoms with Crippen LogP contribution in [0.4, 0.5) is 5.69 Å². The Morgan fingerprint density at radius 3 is 2.88 bits per heavy atom. The second-order valence-corrected chi connectivity index (χ2v) is 5.24. The number of rotatable bonds is 3. The van der Waals surface area contributed by atoms with Gasteiger partial charge in [0, 0.05) is 6.04 Å². The van der Waals surface area contributed by atoms with Crippen LogP contribution in [0.15, 0.2) is 18.2 Å². The van der Waals surface area contributed by atoms with E-state index in [9.17, 15) is 0 Å². The Balaban J connectivity index is 2.11. The average Bonchev–Trinajstić information content (AvgIpc) is 2.72. The number of hydrogen-bond donors (Lipinski definition) is 1. The molecule has 88 valence electrons. The number of nitrogens with one attached hydrogen (secondary N) is 1. The van der Waals surface area contributed by atoms with Crippen LogP contribution in [0.2, 0.25) is 10.0 Å². The third-order valence-electron chi connectivity index (χ3n) is 3.48. The first-order chi connectivity index (χ1) is 7.72. The summed E-state index contributed by atoms with van der Waals surface area (Å²) in [4.78, 5) is 0. The van der Waals surface area contributed by atoms with Gasteiger partial charge in [-0.2, -0.15) is 0 Å². The molecule has 0 spiro atoms. The molecule has 2 unspecified atom stereocenters. The van der Waals surface area contributed by atoms with Gasteiger partial charge in [0.15, 0.2) is 0 Å². The van der Waals surface area contributed by atoms with E-state index in [0.717, 1.165) is 11.6 Å². The Bertz CT molecular complexity index is 365. The monoisotopic (exact) mass is 257 g/mol. The zero-order valence-corrected chi connectivity index (χ0v) is 11.0. The summed E-state index contributed by atoms with van der Waals surface area (Å²) in [5.74, 6) is 0.773. The van der Waals surface area contributed by atoms with Crippen molar-refractivity contribution in [2.24, 2.45) is 5.92 Å². The van der Waals surface area contributed by atoms with E-state index >= 15 is 0 Å². The third kappa shape index (κ3) is 2.46. The molecule has 0 saturated heterocycles. The smallest absolute Gasteiger partial charge is 0.0823 e. The second-order valence-electron chi connectivity index (χ2n) is 4.45. The first-order valence-corrected chi connectivity index (χ1v) is 6.68. The highest BCUT2D eigenvalue weighted by Gasteiger charge is 2.25. The first kappa shape index (κ1) is 12.1. The van der Waals surface area contributed by atoms with Crippen molar-refractivity contribution in [2.45, 2.75) is 38.6 Å². The van der Waals surface area contributed by atoms with Gasteiger partial charge in [-0.25, -0.2) is 0 Å². The molecule has 0 bridgehead atoms. The molecule has 2 rings (SSSR count). The molecule has 0 aromatic heterocycles. The maximum Gasteiger partial charge on any atom is 0.0823 e. The van der Waals surface area contributed by atoms with Crippen LogP contribution in [-0.2, 0) is 0 Å². The summed E-state index contributed by atoms with van der Waals surface area (Å²) in [5.41, 5.74) is 0.972. The Morgan fingerprint density at radius 2 is 2.12 bits per heavy atom. The highest BCUT2D eigenvalue weighted by Crippen LogP contribution is 2.35. The van der Waals surface area contributed by atoms with Crippen molar-refractivity contribution < 1.29 is 0 Å². The topological polar surface area (TPSA) is 12.0 Å². The molecule has 1 aliphatic rings. The number of hydrogen-bond acceptors (Lipinski definition) is 1. The van der Waals surface area contributed by atoms with Gasteiger partial charge in [0.05, 0.1) is 15.7 Å². The zero-order chi connectivity index (χ0) is 11.5. The molecule has 1 fully saturated rings. The summed E-state index contributed by atoms with van der Waals surface area (Å²) in [7, 11) is 0. The van der Waals surface area contributed by atoms with E-state index in [1.54, 1.807) is 0 Å². The maximum atomic E-state index is 6.17. The van der Waals surface area contributed by atoms with Gasteiger partial charge in [-0.15, -0.1) is 0 Å². The van der Waals surface area contributed by atoms with E-state index in [4.69, 9.17) is 23.2 Å². The van der Waals surface area contributed by atoms with Crippen molar-refractivity contribution in [2.75, 3.05) is 5.32 Å². The van der Waals surface area contributed by atoms with Crippen LogP contribution in [0.1, 0.15) is 32.6 Å². The van der Waals surface area contributed by atoms with Crippen LogP contribution in [0.5, 0.6) is 0 Å². The van der Waals surface area contributed by atoms with E-state index in [1.165, 1.54) is 25.7 Å². The Labute approximate surface area is 107 Å². The minimum absolute atomic E-state index is 0.556. The van der Waals surface area contributed by atoms with Crippen molar-refractivity contribution in [1.82, 2.24) is 0 Å². The summed E-state index contributed by atoms with van der Waals surface area (Å²) < 4.78 is 0. The molecule has 1 aromatic rings. The van der Waals surface area contributed by atoms with Crippen LogP contribution < -0.4 is 5.32 Å². The molecular formula is C13H17Cl2N. The lowest BCUT2D eigenvalue weighted by Gasteiger charge is -2.21. The minimum Gasteiger partial charge on any atom is -0.381 e. The van der Waals surface area contributed by atoms with Crippen molar-refractivity contribution in [3.05, 3.63) is 28.2 Å². The Morgan fingerprint density at radius 1 is 1.31 bits per heavy atom.